The third kappa shape index (κ3) is 14.7. The molecule has 27 heteroatoms. The number of anilines is 3. The van der Waals surface area contributed by atoms with Gasteiger partial charge in [0, 0.05) is 115 Å². The van der Waals surface area contributed by atoms with Crippen LogP contribution in [0.2, 0.25) is 15.2 Å². The fourth-order valence-corrected chi connectivity index (χ4v) is 12.6. The molecule has 4 aliphatic heterocycles. The Morgan fingerprint density at radius 3 is 1.58 bits per heavy atom. The molecule has 4 atom stereocenters. The summed E-state index contributed by atoms with van der Waals surface area (Å²) in [5.74, 6) is 2.94. The van der Waals surface area contributed by atoms with Gasteiger partial charge in [0.2, 0.25) is 20.0 Å². The number of hydrogen-bond donors (Lipinski definition) is 3. The number of nitrogens with one attached hydrogen (secondary N) is 3. The number of aromatic nitrogens is 10. The minimum absolute atomic E-state index is 0. The Morgan fingerprint density at radius 2 is 1.10 bits per heavy atom. The predicted octanol–water partition coefficient (Wildman–Crippen LogP) is 9.49. The number of likely N-dealkylation sites (tertiary alicyclic amines) is 2. The van der Waals surface area contributed by atoms with Gasteiger partial charge in [0.25, 0.3) is 11.8 Å². The normalized spacial score (nSPS) is 19.0. The van der Waals surface area contributed by atoms with Gasteiger partial charge in [-0.05, 0) is 120 Å². The maximum Gasteiger partial charge on any atom is 0.256 e. The molecule has 4 aliphatic rings. The summed E-state index contributed by atoms with van der Waals surface area (Å²) in [7, 11) is -7.16. The predicted molar refractivity (Wildman–Crippen MR) is 326 cm³/mol. The van der Waals surface area contributed by atoms with Crippen LogP contribution in [0.15, 0.2) is 97.8 Å². The lowest BCUT2D eigenvalue weighted by Gasteiger charge is -2.35. The molecule has 2 aromatic carbocycles. The van der Waals surface area contributed by atoms with E-state index in [1.807, 2.05) is 44.3 Å². The molecule has 2 amide bonds. The molecule has 0 saturated carbocycles. The summed E-state index contributed by atoms with van der Waals surface area (Å²) in [6.07, 6.45) is 20.2. The molecule has 4 fully saturated rings. The molecule has 6 aromatic heterocycles. The van der Waals surface area contributed by atoms with E-state index in [0.29, 0.717) is 51.2 Å². The van der Waals surface area contributed by atoms with Gasteiger partial charge in [-0.3, -0.25) is 19.0 Å². The molecule has 12 rings (SSSR count). The number of piperidine rings is 2. The highest BCUT2D eigenvalue weighted by Crippen LogP contribution is 2.37. The van der Waals surface area contributed by atoms with Gasteiger partial charge in [-0.25, -0.2) is 55.8 Å². The number of carbonyl (C=O) groups excluding carboxylic acids is 2. The van der Waals surface area contributed by atoms with Gasteiger partial charge >= 0.3 is 0 Å². The number of fused-ring (bicyclic) bond motifs is 2. The van der Waals surface area contributed by atoms with E-state index in [4.69, 9.17) is 44.9 Å². The number of hydrogen-bond acceptors (Lipinski definition) is 16. The number of sulfonamides is 2. The molecule has 3 N–H and O–H groups in total. The van der Waals surface area contributed by atoms with Crippen LogP contribution in [0.25, 0.3) is 11.3 Å². The van der Waals surface area contributed by atoms with Gasteiger partial charge in [0.15, 0.2) is 11.3 Å². The standard InChI is InChI=1S/C28H31ClN8O3S.C20H21Cl2N5O3S.C8H11N3.CH4/c1-18-16-37-25(32-27(18)35-13-9-19(17-35)26-30-10-5-11-31-26)15-23(33-37)24-6-3-4-12-36(24)28(38)21-14-20(29)7-8-22(21)34-41(2,39)40;1-12-11-27-18(23-19(12)22)10-16(24-27)17-5-3-4-8-26(17)20(28)14-9-13(21)6-7-15(14)25-31(2,29)30;1-3-10-8(11-4-1)7-2-5-9-6-7;/h5,7-8,10-11,14-16,19,24,34H,3-4,6,9,12-13,17H2,1-2H3;6-7,9-11,17,25H,3-5,8H2,1-2H3;1,3-4,7,9H,2,5-6H2;1H4/t19?,24-;17-;;/m00../s1. The van der Waals surface area contributed by atoms with E-state index in [1.54, 1.807) is 61.9 Å². The second kappa shape index (κ2) is 26.4. The van der Waals surface area contributed by atoms with Crippen LogP contribution in [-0.2, 0) is 20.0 Å². The van der Waals surface area contributed by atoms with Crippen molar-refractivity contribution in [3.05, 3.63) is 158 Å². The highest BCUT2D eigenvalue weighted by Gasteiger charge is 2.35. The van der Waals surface area contributed by atoms with Crippen molar-refractivity contribution in [3.63, 3.8) is 0 Å². The number of carbonyl (C=O) groups is 2. The zero-order valence-electron chi connectivity index (χ0n) is 46.2. The summed E-state index contributed by atoms with van der Waals surface area (Å²) in [6.45, 7) is 8.72. The fraction of sp³-hybridized carbons (Fsp3) is 0.404. The van der Waals surface area contributed by atoms with E-state index in [0.717, 1.165) is 118 Å². The summed E-state index contributed by atoms with van der Waals surface area (Å²) >= 11 is 18.5. The number of benzene rings is 2. The smallest absolute Gasteiger partial charge is 0.256 e. The first-order chi connectivity index (χ1) is 39.7. The van der Waals surface area contributed by atoms with Crippen LogP contribution in [0.5, 0.6) is 0 Å². The molecule has 4 saturated heterocycles. The second-order valence-electron chi connectivity index (χ2n) is 21.2. The zero-order valence-corrected chi connectivity index (χ0v) is 50.1. The summed E-state index contributed by atoms with van der Waals surface area (Å²) in [5, 5.41) is 13.9. The van der Waals surface area contributed by atoms with Crippen molar-refractivity contribution in [2.45, 2.75) is 96.6 Å². The van der Waals surface area contributed by atoms with Gasteiger partial charge in [0.1, 0.15) is 22.6 Å². The molecule has 84 heavy (non-hydrogen) atoms. The van der Waals surface area contributed by atoms with Crippen LogP contribution in [0.4, 0.5) is 17.2 Å². The average Bonchev–Trinajstić information content (AvgIpc) is 3.73. The molecule has 2 unspecified atom stereocenters. The summed E-state index contributed by atoms with van der Waals surface area (Å²) in [6, 6.07) is 16.0. The van der Waals surface area contributed by atoms with Gasteiger partial charge in [-0.15, -0.1) is 0 Å². The van der Waals surface area contributed by atoms with Crippen molar-refractivity contribution < 1.29 is 26.4 Å². The quantitative estimate of drug-likeness (QED) is 0.102. The van der Waals surface area contributed by atoms with Crippen molar-refractivity contribution in [2.24, 2.45) is 0 Å². The molecule has 0 spiro atoms. The van der Waals surface area contributed by atoms with Crippen molar-refractivity contribution in [1.29, 1.82) is 0 Å². The van der Waals surface area contributed by atoms with E-state index < -0.39 is 20.0 Å². The van der Waals surface area contributed by atoms with Gasteiger partial charge in [-0.1, -0.05) is 42.2 Å². The maximum atomic E-state index is 13.9. The molecular weight excluding hydrogens is 1180 g/mol. The lowest BCUT2D eigenvalue weighted by atomic mass is 9.98. The Balaban J connectivity index is 0.000000173. The maximum absolute atomic E-state index is 13.9. The van der Waals surface area contributed by atoms with Crippen LogP contribution < -0.4 is 19.7 Å². The lowest BCUT2D eigenvalue weighted by Crippen LogP contribution is -2.39. The number of halogens is 3. The monoisotopic (exact) mass is 1240 g/mol. The fourth-order valence-electron chi connectivity index (χ4n) is 11.0. The molecule has 8 aromatic rings. The second-order valence-corrected chi connectivity index (χ2v) is 25.9. The summed E-state index contributed by atoms with van der Waals surface area (Å²) in [4.78, 5) is 59.8. The molecule has 10 heterocycles. The SMILES string of the molecule is C.Cc1cn2nc([C@@H]3CCCCN3C(=O)c3cc(Cl)ccc3NS(C)(=O)=O)cc2nc1Cl.Cc1cn2nc([C@@H]3CCCCN3C(=O)c3cc(Cl)ccc3NS(C)(=O)=O)cc2nc1N1CCC(c2ncccn2)C1.c1cnc(C2CCNC2)nc1. The molecule has 22 nitrogen and oxygen atoms in total. The highest BCUT2D eigenvalue weighted by molar-refractivity contribution is 7.92. The van der Waals surface area contributed by atoms with E-state index in [2.05, 4.69) is 49.7 Å². The molecule has 0 aliphatic carbocycles. The van der Waals surface area contributed by atoms with E-state index in [1.165, 1.54) is 30.7 Å². The minimum Gasteiger partial charge on any atom is -0.356 e. The third-order valence-electron chi connectivity index (χ3n) is 14.9. The first kappa shape index (κ1) is 61.5. The zero-order chi connectivity index (χ0) is 58.6. The first-order valence-electron chi connectivity index (χ1n) is 27.3. The Kier molecular flexibility index (Phi) is 19.4. The van der Waals surface area contributed by atoms with Crippen LogP contribution in [-0.4, -0.2) is 139 Å². The number of aryl methyl sites for hydroxylation is 2. The Labute approximate surface area is 503 Å². The van der Waals surface area contributed by atoms with Crippen LogP contribution in [0, 0.1) is 13.8 Å². The summed E-state index contributed by atoms with van der Waals surface area (Å²) < 4.78 is 55.8. The molecule has 444 valence electrons. The topological polar surface area (TPSA) is 260 Å². The highest BCUT2D eigenvalue weighted by atomic mass is 35.5. The average molecular weight is 1240 g/mol. The van der Waals surface area contributed by atoms with Crippen molar-refractivity contribution in [1.82, 2.24) is 64.2 Å². The van der Waals surface area contributed by atoms with Gasteiger partial charge in [-0.2, -0.15) is 10.2 Å². The number of rotatable bonds is 11. The van der Waals surface area contributed by atoms with Crippen molar-refractivity contribution in [3.8, 4) is 0 Å². The van der Waals surface area contributed by atoms with E-state index in [9.17, 15) is 26.4 Å². The van der Waals surface area contributed by atoms with E-state index >= 15 is 0 Å². The number of nitrogens with zero attached hydrogens (tertiary/aromatic N) is 13. The Morgan fingerprint density at radius 1 is 0.607 bits per heavy atom. The lowest BCUT2D eigenvalue weighted by molar-refractivity contribution is 0.0600. The van der Waals surface area contributed by atoms with Crippen LogP contribution >= 0.6 is 34.8 Å². The van der Waals surface area contributed by atoms with E-state index in [-0.39, 0.29) is 59.7 Å². The van der Waals surface area contributed by atoms with Gasteiger partial charge in [0.05, 0.1) is 58.5 Å². The summed E-state index contributed by atoms with van der Waals surface area (Å²) in [5.41, 5.74) is 5.39. The van der Waals surface area contributed by atoms with Gasteiger partial charge < -0.3 is 20.0 Å². The van der Waals surface area contributed by atoms with Crippen molar-refractivity contribution >= 4 is 95.2 Å². The first-order valence-corrected chi connectivity index (χ1v) is 32.2. The largest absolute Gasteiger partial charge is 0.356 e. The van der Waals surface area contributed by atoms with Crippen molar-refractivity contribution in [2.75, 3.05) is 66.1 Å². The van der Waals surface area contributed by atoms with Crippen LogP contribution in [0.3, 0.4) is 0 Å². The molecular formula is C57H67Cl3N16O6S2. The minimum atomic E-state index is -3.59. The van der Waals surface area contributed by atoms with Crippen LogP contribution in [0.1, 0.15) is 138 Å². The Hall–Kier alpha value is -7.09. The third-order valence-corrected chi connectivity index (χ3v) is 16.9. The molecule has 0 radical (unpaired) electrons. The molecule has 0 bridgehead atoms. The number of amides is 2. The Bertz CT molecular complexity index is 3850.